The molecule has 0 radical (unpaired) electrons. The van der Waals surface area contributed by atoms with Gasteiger partial charge in [0.15, 0.2) is 0 Å². The molecule has 19 heavy (non-hydrogen) atoms. The zero-order valence-electron chi connectivity index (χ0n) is 9.18. The Morgan fingerprint density at radius 3 is 2.58 bits per heavy atom. The molecule has 0 saturated carbocycles. The van der Waals surface area contributed by atoms with Gasteiger partial charge in [-0.25, -0.2) is 9.59 Å². The van der Waals surface area contributed by atoms with E-state index in [2.05, 4.69) is 0 Å². The van der Waals surface area contributed by atoms with Gasteiger partial charge in [0.1, 0.15) is 5.56 Å². The Morgan fingerprint density at radius 2 is 1.95 bits per heavy atom. The first-order valence-electron chi connectivity index (χ1n) is 4.95. The molecule has 6 nitrogen and oxygen atoms in total. The summed E-state index contributed by atoms with van der Waals surface area (Å²) in [5.41, 5.74) is -2.18. The van der Waals surface area contributed by atoms with Crippen LogP contribution in [0.1, 0.15) is 10.4 Å². The van der Waals surface area contributed by atoms with Gasteiger partial charge in [-0.1, -0.05) is 23.2 Å². The molecule has 0 amide bonds. The molecule has 1 aromatic carbocycles. The molecule has 2 aromatic rings. The van der Waals surface area contributed by atoms with Crippen LogP contribution in [0.15, 0.2) is 34.0 Å². The van der Waals surface area contributed by atoms with E-state index in [1.54, 1.807) is 0 Å². The number of halogens is 2. The lowest BCUT2D eigenvalue weighted by Crippen LogP contribution is -2.32. The fourth-order valence-corrected chi connectivity index (χ4v) is 1.85. The highest BCUT2D eigenvalue weighted by atomic mass is 35.5. The number of aromatic amines is 1. The molecule has 98 valence electrons. The number of hydrogen-bond acceptors (Lipinski definition) is 3. The second kappa shape index (κ2) is 4.91. The fraction of sp³-hybridized carbons (Fsp3) is 0. The maximum Gasteiger partial charge on any atom is 0.342 e. The summed E-state index contributed by atoms with van der Waals surface area (Å²) in [6, 6.07) is 4.36. The molecule has 0 unspecified atom stereocenters. The number of rotatable bonds is 2. The number of carboxylic acid groups (broad SMARTS) is 1. The van der Waals surface area contributed by atoms with Gasteiger partial charge in [0.25, 0.3) is 5.56 Å². The Balaban J connectivity index is 2.79. The number of hydrogen-bond donors (Lipinski definition) is 2. The second-order valence-electron chi connectivity index (χ2n) is 3.57. The molecule has 0 atom stereocenters. The van der Waals surface area contributed by atoms with Crippen molar-refractivity contribution in [2.45, 2.75) is 0 Å². The summed E-state index contributed by atoms with van der Waals surface area (Å²) in [5, 5.41) is 9.36. The highest BCUT2D eigenvalue weighted by Gasteiger charge is 2.14. The summed E-state index contributed by atoms with van der Waals surface area (Å²) in [4.78, 5) is 35.8. The van der Waals surface area contributed by atoms with Crippen LogP contribution in [0.5, 0.6) is 0 Å². The van der Waals surface area contributed by atoms with Crippen molar-refractivity contribution >= 4 is 29.2 Å². The molecule has 0 bridgehead atoms. The van der Waals surface area contributed by atoms with E-state index in [1.165, 1.54) is 18.2 Å². The highest BCUT2D eigenvalue weighted by molar-refractivity contribution is 6.34. The van der Waals surface area contributed by atoms with E-state index >= 15 is 0 Å². The van der Waals surface area contributed by atoms with E-state index in [9.17, 15) is 14.4 Å². The Hall–Kier alpha value is -2.05. The van der Waals surface area contributed by atoms with Crippen LogP contribution in [0, 0.1) is 0 Å². The van der Waals surface area contributed by atoms with E-state index < -0.39 is 22.8 Å². The topological polar surface area (TPSA) is 92.2 Å². The number of carboxylic acids is 1. The summed E-state index contributed by atoms with van der Waals surface area (Å²) in [5.74, 6) is -1.45. The van der Waals surface area contributed by atoms with Crippen LogP contribution in [0.2, 0.25) is 10.0 Å². The standard InChI is InChI=1S/C11H6Cl2N2O4/c12-5-1-2-7(13)8(3-5)15-4-6(10(17)18)9(16)14-11(15)19/h1-4H,(H,17,18)(H,14,16,19). The van der Waals surface area contributed by atoms with Crippen LogP contribution < -0.4 is 11.2 Å². The van der Waals surface area contributed by atoms with Gasteiger partial charge in [0.05, 0.1) is 10.7 Å². The molecule has 2 N–H and O–H groups in total. The predicted octanol–water partition coefficient (Wildman–Crippen LogP) is 1.53. The monoisotopic (exact) mass is 300 g/mol. The summed E-state index contributed by atoms with van der Waals surface area (Å²) in [6.07, 6.45) is 0.904. The third-order valence-electron chi connectivity index (χ3n) is 2.34. The number of H-pyrrole nitrogens is 1. The first-order chi connectivity index (χ1) is 8.90. The minimum Gasteiger partial charge on any atom is -0.477 e. The third-order valence-corrected chi connectivity index (χ3v) is 2.89. The molecule has 1 heterocycles. The van der Waals surface area contributed by atoms with E-state index in [0.29, 0.717) is 5.02 Å². The predicted molar refractivity (Wildman–Crippen MR) is 69.6 cm³/mol. The molecule has 0 aliphatic rings. The number of aromatic nitrogens is 2. The van der Waals surface area contributed by atoms with Gasteiger partial charge in [0, 0.05) is 11.2 Å². The second-order valence-corrected chi connectivity index (χ2v) is 4.42. The van der Waals surface area contributed by atoms with Gasteiger partial charge in [-0.15, -0.1) is 0 Å². The van der Waals surface area contributed by atoms with Gasteiger partial charge in [-0.3, -0.25) is 14.3 Å². The van der Waals surface area contributed by atoms with Crippen LogP contribution in [-0.2, 0) is 0 Å². The number of benzene rings is 1. The Morgan fingerprint density at radius 1 is 1.26 bits per heavy atom. The van der Waals surface area contributed by atoms with Crippen molar-refractivity contribution in [1.29, 1.82) is 0 Å². The summed E-state index contributed by atoms with van der Waals surface area (Å²) >= 11 is 11.7. The SMILES string of the molecule is O=C(O)c1cn(-c2cc(Cl)ccc2Cl)c(=O)[nH]c1=O. The van der Waals surface area contributed by atoms with Crippen LogP contribution in [-0.4, -0.2) is 20.6 Å². The normalized spacial score (nSPS) is 10.4. The van der Waals surface area contributed by atoms with Gasteiger partial charge < -0.3 is 5.11 Å². The minimum absolute atomic E-state index is 0.179. The van der Waals surface area contributed by atoms with E-state index in [0.717, 1.165) is 10.8 Å². The summed E-state index contributed by atoms with van der Waals surface area (Å²) in [7, 11) is 0. The lowest BCUT2D eigenvalue weighted by molar-refractivity contribution is 0.0694. The van der Waals surface area contributed by atoms with Gasteiger partial charge in [0.2, 0.25) is 0 Å². The lowest BCUT2D eigenvalue weighted by Gasteiger charge is -2.08. The van der Waals surface area contributed by atoms with Crippen molar-refractivity contribution in [1.82, 2.24) is 9.55 Å². The number of carbonyl (C=O) groups is 1. The van der Waals surface area contributed by atoms with Crippen LogP contribution in [0.3, 0.4) is 0 Å². The van der Waals surface area contributed by atoms with Gasteiger partial charge in [-0.2, -0.15) is 0 Å². The van der Waals surface area contributed by atoms with E-state index in [4.69, 9.17) is 28.3 Å². The first-order valence-corrected chi connectivity index (χ1v) is 5.70. The molecule has 8 heteroatoms. The Kier molecular flexibility index (Phi) is 3.46. The zero-order valence-corrected chi connectivity index (χ0v) is 10.7. The first kappa shape index (κ1) is 13.4. The summed E-state index contributed by atoms with van der Waals surface area (Å²) in [6.45, 7) is 0. The average Bonchev–Trinajstić information content (AvgIpc) is 2.32. The fourth-order valence-electron chi connectivity index (χ4n) is 1.47. The maximum atomic E-state index is 11.7. The molecule has 0 spiro atoms. The Bertz CT molecular complexity index is 779. The molecule has 0 fully saturated rings. The largest absolute Gasteiger partial charge is 0.477 e. The third kappa shape index (κ3) is 2.54. The van der Waals surface area contributed by atoms with Crippen molar-refractivity contribution in [3.63, 3.8) is 0 Å². The Labute approximate surface area is 115 Å². The average molecular weight is 301 g/mol. The maximum absolute atomic E-state index is 11.7. The summed E-state index contributed by atoms with van der Waals surface area (Å²) < 4.78 is 0.916. The van der Waals surface area contributed by atoms with Crippen molar-refractivity contribution in [2.24, 2.45) is 0 Å². The lowest BCUT2D eigenvalue weighted by atomic mass is 10.3. The molecule has 0 aliphatic carbocycles. The zero-order chi connectivity index (χ0) is 14.2. The van der Waals surface area contributed by atoms with Crippen LogP contribution in [0.4, 0.5) is 0 Å². The van der Waals surface area contributed by atoms with Crippen molar-refractivity contribution in [3.8, 4) is 5.69 Å². The molecule has 2 rings (SSSR count). The minimum atomic E-state index is -1.45. The number of aromatic carboxylic acids is 1. The molecule has 1 aromatic heterocycles. The smallest absolute Gasteiger partial charge is 0.342 e. The van der Waals surface area contributed by atoms with Gasteiger partial charge >= 0.3 is 11.7 Å². The molecular formula is C11H6Cl2N2O4. The number of nitrogens with zero attached hydrogens (tertiary/aromatic N) is 1. The molecule has 0 saturated heterocycles. The number of nitrogens with one attached hydrogen (secondary N) is 1. The van der Waals surface area contributed by atoms with Crippen LogP contribution >= 0.6 is 23.2 Å². The van der Waals surface area contributed by atoms with Crippen LogP contribution in [0.25, 0.3) is 5.69 Å². The quantitative estimate of drug-likeness (QED) is 0.880. The van der Waals surface area contributed by atoms with E-state index in [1.807, 2.05) is 4.98 Å². The van der Waals surface area contributed by atoms with Crippen molar-refractivity contribution < 1.29 is 9.90 Å². The molecular weight excluding hydrogens is 295 g/mol. The van der Waals surface area contributed by atoms with Crippen molar-refractivity contribution in [3.05, 3.63) is 60.8 Å². The molecule has 0 aliphatic heterocycles. The van der Waals surface area contributed by atoms with E-state index in [-0.39, 0.29) is 10.7 Å². The highest BCUT2D eigenvalue weighted by Crippen LogP contribution is 2.23. The van der Waals surface area contributed by atoms with Gasteiger partial charge in [-0.05, 0) is 18.2 Å². The van der Waals surface area contributed by atoms with Crippen molar-refractivity contribution in [2.75, 3.05) is 0 Å².